The van der Waals surface area contributed by atoms with Crippen molar-refractivity contribution in [2.24, 2.45) is 0 Å². The lowest BCUT2D eigenvalue weighted by Crippen LogP contribution is -2.08. The molecule has 0 aromatic rings. The first-order chi connectivity index (χ1) is 2.64. The Balaban J connectivity index is 2.99. The minimum absolute atomic E-state index is 0.633. The largest absolute Gasteiger partial charge is 0.112 e. The normalized spacial score (nSPS) is 11.0. The predicted octanol–water partition coefficient (Wildman–Crippen LogP) is 1.27. The summed E-state index contributed by atoms with van der Waals surface area (Å²) in [6.07, 6.45) is 4.54. The van der Waals surface area contributed by atoms with Crippen LogP contribution in [0, 0.1) is 0 Å². The minimum atomic E-state index is 0.633. The van der Waals surface area contributed by atoms with Crippen LogP contribution in [-0.4, -0.2) is 17.8 Å². The summed E-state index contributed by atoms with van der Waals surface area (Å²) in [4.78, 5) is 0. The summed E-state index contributed by atoms with van der Waals surface area (Å²) in [5.41, 5.74) is 0. The average Bonchev–Trinajstić information content (AvgIpc) is 1.36. The first-order valence-electron chi connectivity index (χ1n) is 2.21. The Bertz CT molecular complexity index is 24.9. The molecule has 0 heterocycles. The van der Waals surface area contributed by atoms with Crippen LogP contribution in [0.5, 0.6) is 0 Å². The van der Waals surface area contributed by atoms with E-state index in [0.29, 0.717) is 10.9 Å². The molecule has 0 aliphatic rings. The monoisotopic (exact) mass is 105 g/mol. The summed E-state index contributed by atoms with van der Waals surface area (Å²) < 4.78 is 0. The molecule has 0 radical (unpaired) electrons. The lowest BCUT2D eigenvalue weighted by atomic mass is 10.6. The van der Waals surface area contributed by atoms with Crippen molar-refractivity contribution < 1.29 is 0 Å². The van der Waals surface area contributed by atoms with E-state index in [4.69, 9.17) is 0 Å². The Hall–Kier alpha value is 0.350. The molecule has 0 aromatic carbocycles. The summed E-state index contributed by atoms with van der Waals surface area (Å²) in [6, 6.07) is 0. The van der Waals surface area contributed by atoms with Crippen molar-refractivity contribution in [2.45, 2.75) is 19.1 Å². The van der Waals surface area contributed by atoms with Crippen LogP contribution in [0.4, 0.5) is 0 Å². The van der Waals surface area contributed by atoms with Crippen molar-refractivity contribution in [3.63, 3.8) is 0 Å². The molecular weight excluding hydrogens is 92.1 g/mol. The average molecular weight is 105 g/mol. The maximum absolute atomic E-state index is 2.27. The van der Waals surface area contributed by atoms with E-state index in [-0.39, 0.29) is 0 Å². The molecular formula is C5H13S+. The van der Waals surface area contributed by atoms with Crippen LogP contribution in [0.3, 0.4) is 0 Å². The molecule has 38 valence electrons. The quantitative estimate of drug-likeness (QED) is 0.441. The zero-order valence-corrected chi connectivity index (χ0v) is 5.80. The molecule has 0 aliphatic heterocycles. The molecule has 0 atom stereocenters. The highest BCUT2D eigenvalue weighted by atomic mass is 32.2. The van der Waals surface area contributed by atoms with Crippen LogP contribution < -0.4 is 0 Å². The lowest BCUT2D eigenvalue weighted by molar-refractivity contribution is 1.10. The molecule has 0 rings (SSSR count). The topological polar surface area (TPSA) is 0 Å². The van der Waals surface area contributed by atoms with Gasteiger partial charge < -0.3 is 0 Å². The fraction of sp³-hybridized carbons (Fsp3) is 1.00. The first kappa shape index (κ1) is 6.35. The highest BCUT2D eigenvalue weighted by Gasteiger charge is 2.05. The third-order valence-corrected chi connectivity index (χ3v) is 2.83. The van der Waals surface area contributed by atoms with E-state index in [1.165, 1.54) is 0 Å². The molecule has 0 saturated heterocycles. The van der Waals surface area contributed by atoms with Crippen LogP contribution in [0.1, 0.15) is 13.8 Å². The van der Waals surface area contributed by atoms with Crippen LogP contribution in [0.15, 0.2) is 0 Å². The first-order valence-corrected chi connectivity index (χ1v) is 4.31. The third kappa shape index (κ3) is 2.58. The Labute approximate surface area is 43.3 Å². The molecule has 0 aliphatic carbocycles. The molecule has 0 aromatic heterocycles. The number of hydrogen-bond acceptors (Lipinski definition) is 0. The second kappa shape index (κ2) is 2.51. The van der Waals surface area contributed by atoms with Crippen molar-refractivity contribution in [1.82, 2.24) is 0 Å². The van der Waals surface area contributed by atoms with Gasteiger partial charge in [-0.1, -0.05) is 0 Å². The maximum Gasteiger partial charge on any atom is 0.112 e. The van der Waals surface area contributed by atoms with Crippen LogP contribution in [0.25, 0.3) is 0 Å². The van der Waals surface area contributed by atoms with Crippen LogP contribution in [-0.2, 0) is 10.9 Å². The van der Waals surface area contributed by atoms with Gasteiger partial charge in [-0.05, 0) is 24.7 Å². The minimum Gasteiger partial charge on any atom is -0.0173 e. The standard InChI is InChI=1S/C5H13S/c1-5(2)6(3)4/h5H,1-4H3/q+1. The number of rotatable bonds is 1. The molecule has 6 heavy (non-hydrogen) atoms. The predicted molar refractivity (Wildman–Crippen MR) is 34.3 cm³/mol. The summed E-state index contributed by atoms with van der Waals surface area (Å²) in [5, 5.41) is 0.880. The van der Waals surface area contributed by atoms with Gasteiger partial charge in [0.25, 0.3) is 0 Å². The Kier molecular flexibility index (Phi) is 2.66. The molecule has 0 amide bonds. The number of hydrogen-bond donors (Lipinski definition) is 0. The van der Waals surface area contributed by atoms with Gasteiger partial charge in [0.15, 0.2) is 0 Å². The van der Waals surface area contributed by atoms with Crippen molar-refractivity contribution >= 4 is 10.9 Å². The molecule has 0 nitrogen and oxygen atoms in total. The van der Waals surface area contributed by atoms with Crippen molar-refractivity contribution in [3.05, 3.63) is 0 Å². The second-order valence-electron chi connectivity index (χ2n) is 1.93. The molecule has 1 heteroatoms. The fourth-order valence-corrected chi connectivity index (χ4v) is 0. The summed E-state index contributed by atoms with van der Waals surface area (Å²) in [6.45, 7) is 4.51. The molecule has 0 unspecified atom stereocenters. The highest BCUT2D eigenvalue weighted by molar-refractivity contribution is 7.96. The Morgan fingerprint density at radius 3 is 1.33 bits per heavy atom. The van der Waals surface area contributed by atoms with Crippen LogP contribution >= 0.6 is 0 Å². The van der Waals surface area contributed by atoms with Gasteiger partial charge in [-0.3, -0.25) is 0 Å². The zero-order chi connectivity index (χ0) is 5.15. The van der Waals surface area contributed by atoms with Gasteiger partial charge in [0.2, 0.25) is 0 Å². The van der Waals surface area contributed by atoms with E-state index in [2.05, 4.69) is 26.4 Å². The molecule has 0 spiro atoms. The lowest BCUT2D eigenvalue weighted by Gasteiger charge is -1.95. The summed E-state index contributed by atoms with van der Waals surface area (Å²) >= 11 is 0. The molecule has 0 bridgehead atoms. The maximum atomic E-state index is 2.27. The van der Waals surface area contributed by atoms with E-state index in [1.54, 1.807) is 0 Å². The van der Waals surface area contributed by atoms with E-state index < -0.39 is 0 Å². The van der Waals surface area contributed by atoms with Gasteiger partial charge in [0.1, 0.15) is 5.25 Å². The van der Waals surface area contributed by atoms with Crippen molar-refractivity contribution in [3.8, 4) is 0 Å². The second-order valence-corrected chi connectivity index (χ2v) is 4.63. The highest BCUT2D eigenvalue weighted by Crippen LogP contribution is 1.93. The van der Waals surface area contributed by atoms with Gasteiger partial charge in [-0.15, -0.1) is 0 Å². The van der Waals surface area contributed by atoms with Gasteiger partial charge in [0.05, 0.1) is 12.5 Å². The third-order valence-electron chi connectivity index (χ3n) is 0.943. The van der Waals surface area contributed by atoms with Gasteiger partial charge in [0, 0.05) is 0 Å². The van der Waals surface area contributed by atoms with Gasteiger partial charge in [-0.25, -0.2) is 0 Å². The molecule has 0 saturated carbocycles. The van der Waals surface area contributed by atoms with Crippen molar-refractivity contribution in [2.75, 3.05) is 12.5 Å². The Morgan fingerprint density at radius 2 is 1.33 bits per heavy atom. The van der Waals surface area contributed by atoms with E-state index in [0.717, 1.165) is 5.25 Å². The summed E-state index contributed by atoms with van der Waals surface area (Å²) in [5.74, 6) is 0. The SMILES string of the molecule is CC(C)[S+](C)C. The van der Waals surface area contributed by atoms with Crippen LogP contribution in [0.2, 0.25) is 0 Å². The fourth-order valence-electron chi connectivity index (χ4n) is 0. The smallest absolute Gasteiger partial charge is 0.0173 e. The van der Waals surface area contributed by atoms with Gasteiger partial charge in [-0.2, -0.15) is 0 Å². The molecule has 0 N–H and O–H groups in total. The zero-order valence-electron chi connectivity index (χ0n) is 4.99. The Morgan fingerprint density at radius 1 is 1.17 bits per heavy atom. The molecule has 0 fully saturated rings. The van der Waals surface area contributed by atoms with Crippen molar-refractivity contribution in [1.29, 1.82) is 0 Å². The van der Waals surface area contributed by atoms with Gasteiger partial charge >= 0.3 is 0 Å². The van der Waals surface area contributed by atoms with E-state index in [9.17, 15) is 0 Å². The van der Waals surface area contributed by atoms with E-state index >= 15 is 0 Å². The summed E-state index contributed by atoms with van der Waals surface area (Å²) in [7, 11) is 0.633. The van der Waals surface area contributed by atoms with E-state index in [1.807, 2.05) is 0 Å².